The molecule has 170 valence electrons. The number of para-hydroxylation sites is 1. The maximum Gasteiger partial charge on any atom is 0.318 e. The van der Waals surface area contributed by atoms with E-state index in [0.717, 1.165) is 24.2 Å². The average molecular weight is 440 g/mol. The Balaban J connectivity index is 1.45. The van der Waals surface area contributed by atoms with Crippen LogP contribution in [0.2, 0.25) is 0 Å². The summed E-state index contributed by atoms with van der Waals surface area (Å²) >= 11 is 0. The third-order valence-corrected chi connectivity index (χ3v) is 6.02. The Morgan fingerprint density at radius 1 is 1.06 bits per heavy atom. The molecule has 2 aliphatic rings. The first kappa shape index (κ1) is 22.1. The van der Waals surface area contributed by atoms with Crippen LogP contribution >= 0.6 is 0 Å². The van der Waals surface area contributed by atoms with Gasteiger partial charge in [0.05, 0.1) is 6.04 Å². The number of benzene rings is 2. The number of nitrogens with zero attached hydrogens (tertiary/aromatic N) is 2. The predicted molar refractivity (Wildman–Crippen MR) is 120 cm³/mol. The fourth-order valence-corrected chi connectivity index (χ4v) is 4.05. The van der Waals surface area contributed by atoms with Crippen LogP contribution in [0, 0.1) is 0 Å². The number of rotatable bonds is 5. The van der Waals surface area contributed by atoms with Crippen LogP contribution in [-0.4, -0.2) is 78.4 Å². The van der Waals surface area contributed by atoms with Crippen molar-refractivity contribution in [3.8, 4) is 5.75 Å². The van der Waals surface area contributed by atoms with E-state index >= 15 is 0 Å². The highest BCUT2D eigenvalue weighted by Crippen LogP contribution is 2.26. The fourth-order valence-electron chi connectivity index (χ4n) is 4.05. The molecule has 3 atom stereocenters. The molecule has 0 saturated carbocycles. The van der Waals surface area contributed by atoms with E-state index in [0.29, 0.717) is 31.7 Å². The molecule has 0 radical (unpaired) electrons. The molecule has 0 aliphatic carbocycles. The van der Waals surface area contributed by atoms with Crippen LogP contribution in [0.15, 0.2) is 54.6 Å². The van der Waals surface area contributed by atoms with Gasteiger partial charge >= 0.3 is 6.03 Å². The van der Waals surface area contributed by atoms with Crippen molar-refractivity contribution in [2.45, 2.75) is 31.2 Å². The van der Waals surface area contributed by atoms with Crippen molar-refractivity contribution < 1.29 is 19.4 Å². The molecule has 2 aromatic rings. The molecule has 3 N–H and O–H groups in total. The maximum atomic E-state index is 13.2. The minimum absolute atomic E-state index is 0.250. The Bertz CT molecular complexity index is 931. The Kier molecular flexibility index (Phi) is 6.92. The summed E-state index contributed by atoms with van der Waals surface area (Å²) < 4.78 is 5.57. The van der Waals surface area contributed by atoms with E-state index in [1.165, 1.54) is 0 Å². The average Bonchev–Trinajstić information content (AvgIpc) is 2.80. The summed E-state index contributed by atoms with van der Waals surface area (Å²) in [5.74, 6) is 0.276. The number of ether oxygens (including phenoxy) is 1. The Morgan fingerprint density at radius 3 is 2.50 bits per heavy atom. The van der Waals surface area contributed by atoms with Crippen LogP contribution in [0.1, 0.15) is 11.1 Å². The van der Waals surface area contributed by atoms with E-state index < -0.39 is 18.4 Å². The Labute approximate surface area is 188 Å². The molecule has 8 nitrogen and oxygen atoms in total. The summed E-state index contributed by atoms with van der Waals surface area (Å²) in [5.41, 5.74) is 1.86. The Hall–Kier alpha value is -3.10. The molecule has 1 saturated heterocycles. The van der Waals surface area contributed by atoms with Crippen LogP contribution in [0.3, 0.4) is 0 Å². The molecule has 1 unspecified atom stereocenters. The highest BCUT2D eigenvalue weighted by atomic mass is 16.7. The summed E-state index contributed by atoms with van der Waals surface area (Å²) in [6.45, 7) is 2.84. The molecule has 4 rings (SSSR count). The number of aliphatic hydroxyl groups is 1. The highest BCUT2D eigenvalue weighted by Gasteiger charge is 2.33. The first-order chi connectivity index (χ1) is 15.5. The lowest BCUT2D eigenvalue weighted by Gasteiger charge is -2.34. The minimum Gasteiger partial charge on any atom is -0.463 e. The zero-order chi connectivity index (χ0) is 22.5. The van der Waals surface area contributed by atoms with Gasteiger partial charge in [0, 0.05) is 39.0 Å². The van der Waals surface area contributed by atoms with Crippen LogP contribution < -0.4 is 15.4 Å². The monoisotopic (exact) mass is 439 g/mol. The minimum atomic E-state index is -1.15. The lowest BCUT2D eigenvalue weighted by molar-refractivity contribution is -0.128. The second-order valence-corrected chi connectivity index (χ2v) is 8.42. The van der Waals surface area contributed by atoms with Crippen molar-refractivity contribution >= 4 is 11.9 Å². The number of nitrogens with one attached hydrogen (secondary N) is 2. The van der Waals surface area contributed by atoms with Gasteiger partial charge in [-0.05, 0) is 24.2 Å². The number of carbonyl (C=O) groups excluding carboxylic acids is 2. The van der Waals surface area contributed by atoms with Crippen LogP contribution in [-0.2, 0) is 17.6 Å². The molecule has 0 bridgehead atoms. The standard InChI is InChI=1S/C24H30N4O4/c1-27-11-13-28(14-12-27)24(31)26-19(15-17-7-3-2-4-8-17)22(29)25-20-16-18-9-5-6-10-21(18)32-23(20)30/h2-10,19-20,23,30H,11-16H2,1H3,(H,25,29)(H,26,31)/t19-,20-,23?/m0/s1/i23+1. The van der Waals surface area contributed by atoms with Gasteiger partial charge in [0.1, 0.15) is 11.8 Å². The quantitative estimate of drug-likeness (QED) is 0.605. The van der Waals surface area contributed by atoms with E-state index in [1.807, 2.05) is 55.6 Å². The van der Waals surface area contributed by atoms with Crippen molar-refractivity contribution in [3.05, 3.63) is 65.7 Å². The van der Waals surface area contributed by atoms with Gasteiger partial charge in [-0.3, -0.25) is 4.79 Å². The number of carbonyl (C=O) groups is 2. The van der Waals surface area contributed by atoms with Crippen LogP contribution in [0.25, 0.3) is 0 Å². The largest absolute Gasteiger partial charge is 0.463 e. The number of hydrogen-bond acceptors (Lipinski definition) is 5. The van der Waals surface area contributed by atoms with Crippen molar-refractivity contribution in [2.75, 3.05) is 33.2 Å². The third kappa shape index (κ3) is 5.38. The molecular formula is C24H30N4O4. The summed E-state index contributed by atoms with van der Waals surface area (Å²) in [6, 6.07) is 15.4. The molecule has 0 spiro atoms. The second-order valence-electron chi connectivity index (χ2n) is 8.42. The van der Waals surface area contributed by atoms with Gasteiger partial charge in [-0.2, -0.15) is 0 Å². The van der Waals surface area contributed by atoms with Gasteiger partial charge in [0.25, 0.3) is 0 Å². The first-order valence-electron chi connectivity index (χ1n) is 11.0. The molecule has 1 fully saturated rings. The lowest BCUT2D eigenvalue weighted by Crippen LogP contribution is -2.58. The van der Waals surface area contributed by atoms with Gasteiger partial charge in [-0.25, -0.2) is 4.79 Å². The third-order valence-electron chi connectivity index (χ3n) is 6.02. The molecule has 8 heteroatoms. The van der Waals surface area contributed by atoms with Gasteiger partial charge in [-0.15, -0.1) is 0 Å². The molecule has 32 heavy (non-hydrogen) atoms. The lowest BCUT2D eigenvalue weighted by atomic mass is 10.0. The van der Waals surface area contributed by atoms with Crippen molar-refractivity contribution in [1.82, 2.24) is 20.4 Å². The van der Waals surface area contributed by atoms with Gasteiger partial charge in [-0.1, -0.05) is 48.5 Å². The fraction of sp³-hybridized carbons (Fsp3) is 0.417. The number of piperazine rings is 1. The first-order valence-corrected chi connectivity index (χ1v) is 11.0. The summed E-state index contributed by atoms with van der Waals surface area (Å²) in [5, 5.41) is 16.2. The van der Waals surface area contributed by atoms with Crippen LogP contribution in [0.5, 0.6) is 5.75 Å². The summed E-state index contributed by atoms with van der Waals surface area (Å²) in [7, 11) is 2.02. The van der Waals surface area contributed by atoms with E-state index in [1.54, 1.807) is 11.0 Å². The van der Waals surface area contributed by atoms with E-state index in [-0.39, 0.29) is 11.9 Å². The number of likely N-dealkylation sites (N-methyl/N-ethyl adjacent to an activating group) is 1. The van der Waals surface area contributed by atoms with Gasteiger partial charge < -0.3 is 30.3 Å². The second kappa shape index (κ2) is 10.0. The van der Waals surface area contributed by atoms with Gasteiger partial charge in [0.2, 0.25) is 12.2 Å². The van der Waals surface area contributed by atoms with Crippen molar-refractivity contribution in [3.63, 3.8) is 0 Å². The number of hydrogen-bond donors (Lipinski definition) is 3. The summed E-state index contributed by atoms with van der Waals surface area (Å²) in [6.07, 6.45) is -0.348. The molecule has 3 amide bonds. The normalized spacial score (nSPS) is 21.8. The number of aliphatic hydroxyl groups excluding tert-OH is 1. The molecule has 2 aliphatic heterocycles. The zero-order valence-electron chi connectivity index (χ0n) is 18.2. The van der Waals surface area contributed by atoms with Crippen molar-refractivity contribution in [1.29, 1.82) is 0 Å². The van der Waals surface area contributed by atoms with Crippen LogP contribution in [0.4, 0.5) is 4.79 Å². The van der Waals surface area contributed by atoms with E-state index in [2.05, 4.69) is 15.5 Å². The maximum absolute atomic E-state index is 13.2. The summed E-state index contributed by atoms with van der Waals surface area (Å²) in [4.78, 5) is 30.0. The zero-order valence-corrected chi connectivity index (χ0v) is 18.2. The molecule has 2 heterocycles. The molecule has 2 aromatic carbocycles. The van der Waals surface area contributed by atoms with E-state index in [4.69, 9.17) is 4.74 Å². The topological polar surface area (TPSA) is 94.1 Å². The highest BCUT2D eigenvalue weighted by molar-refractivity contribution is 5.87. The SMILES string of the molecule is CN1CCN(C(=O)N[C@@H](Cc2ccccc2)C(=O)N[C@H]2Cc3ccccc3O[13CH]2O)CC1. The number of amides is 3. The van der Waals surface area contributed by atoms with E-state index in [9.17, 15) is 14.7 Å². The van der Waals surface area contributed by atoms with Gasteiger partial charge in [0.15, 0.2) is 0 Å². The smallest absolute Gasteiger partial charge is 0.318 e. The Morgan fingerprint density at radius 2 is 1.75 bits per heavy atom. The number of fused-ring (bicyclic) bond motifs is 1. The molecule has 0 aromatic heterocycles. The molecular weight excluding hydrogens is 409 g/mol. The predicted octanol–water partition coefficient (Wildman–Crippen LogP) is 0.993. The van der Waals surface area contributed by atoms with Crippen molar-refractivity contribution in [2.24, 2.45) is 0 Å². The number of urea groups is 1.